The van der Waals surface area contributed by atoms with Crippen LogP contribution in [0.25, 0.3) is 0 Å². The number of carbonyl (C=O) groups excluding carboxylic acids is 2. The van der Waals surface area contributed by atoms with E-state index in [4.69, 9.17) is 4.74 Å². The van der Waals surface area contributed by atoms with E-state index in [9.17, 15) is 9.59 Å². The lowest BCUT2D eigenvalue weighted by Gasteiger charge is -2.18. The maximum atomic E-state index is 12.3. The number of hydrogen-bond donors (Lipinski definition) is 1. The summed E-state index contributed by atoms with van der Waals surface area (Å²) in [6.45, 7) is 1.97. The van der Waals surface area contributed by atoms with Gasteiger partial charge in [-0.15, -0.1) is 0 Å². The number of cyclic esters (lactones) is 1. The largest absolute Gasteiger partial charge is 0.455 e. The van der Waals surface area contributed by atoms with Gasteiger partial charge in [0, 0.05) is 18.8 Å². The molecule has 2 aliphatic heterocycles. The monoisotopic (exact) mass is 272 g/mol. The van der Waals surface area contributed by atoms with E-state index in [0.29, 0.717) is 5.69 Å². The van der Waals surface area contributed by atoms with Crippen LogP contribution in [-0.4, -0.2) is 36.5 Å². The van der Waals surface area contributed by atoms with Crippen LogP contribution < -0.4 is 5.32 Å². The lowest BCUT2D eigenvalue weighted by molar-refractivity contribution is -0.137. The number of hydrogen-bond acceptors (Lipinski definition) is 4. The topological polar surface area (TPSA) is 58.6 Å². The molecular formula is C15H16N2O3. The highest BCUT2D eigenvalue weighted by Crippen LogP contribution is 2.24. The zero-order valence-electron chi connectivity index (χ0n) is 11.1. The Hall–Kier alpha value is -2.30. The Morgan fingerprint density at radius 1 is 1.15 bits per heavy atom. The first-order valence-electron chi connectivity index (χ1n) is 6.77. The van der Waals surface area contributed by atoms with Gasteiger partial charge in [0.15, 0.2) is 0 Å². The van der Waals surface area contributed by atoms with Crippen LogP contribution >= 0.6 is 0 Å². The first kappa shape index (κ1) is 12.7. The fourth-order valence-corrected chi connectivity index (χ4v) is 2.57. The minimum atomic E-state index is -0.527. The Kier molecular flexibility index (Phi) is 3.41. The normalized spacial score (nSPS) is 18.4. The summed E-state index contributed by atoms with van der Waals surface area (Å²) in [4.78, 5) is 26.2. The van der Waals surface area contributed by atoms with E-state index in [1.807, 2.05) is 18.2 Å². The molecule has 2 aliphatic rings. The Labute approximate surface area is 117 Å². The number of nitrogens with one attached hydrogen (secondary N) is 1. The van der Waals surface area contributed by atoms with Gasteiger partial charge >= 0.3 is 5.97 Å². The van der Waals surface area contributed by atoms with Crippen molar-refractivity contribution in [3.63, 3.8) is 0 Å². The summed E-state index contributed by atoms with van der Waals surface area (Å²) in [6, 6.07) is 9.10. The van der Waals surface area contributed by atoms with Crippen LogP contribution in [0.5, 0.6) is 0 Å². The second-order valence-electron chi connectivity index (χ2n) is 4.91. The number of esters is 1. The van der Waals surface area contributed by atoms with Gasteiger partial charge in [-0.2, -0.15) is 0 Å². The number of amides is 1. The summed E-state index contributed by atoms with van der Waals surface area (Å²) in [6.07, 6.45) is 2.18. The highest BCUT2D eigenvalue weighted by molar-refractivity contribution is 6.22. The Morgan fingerprint density at radius 3 is 2.55 bits per heavy atom. The van der Waals surface area contributed by atoms with Crippen LogP contribution in [0.1, 0.15) is 12.8 Å². The summed E-state index contributed by atoms with van der Waals surface area (Å²) in [5.41, 5.74) is 1.54. The highest BCUT2D eigenvalue weighted by Gasteiger charge is 2.34. The molecule has 1 aromatic rings. The van der Waals surface area contributed by atoms with Crippen molar-refractivity contribution in [2.45, 2.75) is 12.8 Å². The average molecular weight is 272 g/mol. The third-order valence-electron chi connectivity index (χ3n) is 3.58. The molecule has 1 amide bonds. The van der Waals surface area contributed by atoms with Gasteiger partial charge < -0.3 is 15.0 Å². The SMILES string of the molecule is O=C(Nc1ccccc1)C1=C(N2CCCC2)COC1=O. The van der Waals surface area contributed by atoms with Gasteiger partial charge in [-0.3, -0.25) is 4.79 Å². The number of para-hydroxylation sites is 1. The summed E-state index contributed by atoms with van der Waals surface area (Å²) in [7, 11) is 0. The molecule has 0 aromatic heterocycles. The number of anilines is 1. The number of benzene rings is 1. The molecule has 0 spiro atoms. The molecule has 1 fully saturated rings. The first-order chi connectivity index (χ1) is 9.75. The highest BCUT2D eigenvalue weighted by atomic mass is 16.5. The molecule has 3 rings (SSSR count). The van der Waals surface area contributed by atoms with E-state index in [0.717, 1.165) is 31.6 Å². The maximum absolute atomic E-state index is 12.3. The molecule has 0 atom stereocenters. The number of likely N-dealkylation sites (tertiary alicyclic amines) is 1. The van der Waals surface area contributed by atoms with E-state index >= 15 is 0 Å². The molecule has 5 nitrogen and oxygen atoms in total. The zero-order chi connectivity index (χ0) is 13.9. The summed E-state index contributed by atoms with van der Waals surface area (Å²) in [5, 5.41) is 2.74. The van der Waals surface area contributed by atoms with Crippen molar-refractivity contribution in [2.75, 3.05) is 25.0 Å². The third kappa shape index (κ3) is 2.39. The molecule has 0 unspecified atom stereocenters. The number of nitrogens with zero attached hydrogens (tertiary/aromatic N) is 1. The Bertz CT molecular complexity index is 560. The molecule has 1 saturated heterocycles. The second-order valence-corrected chi connectivity index (χ2v) is 4.91. The third-order valence-corrected chi connectivity index (χ3v) is 3.58. The fraction of sp³-hybridized carbons (Fsp3) is 0.333. The van der Waals surface area contributed by atoms with Gasteiger partial charge in [0.25, 0.3) is 5.91 Å². The van der Waals surface area contributed by atoms with E-state index in [1.165, 1.54) is 0 Å². The molecule has 0 aliphatic carbocycles. The van der Waals surface area contributed by atoms with Crippen molar-refractivity contribution >= 4 is 17.6 Å². The predicted molar refractivity (Wildman–Crippen MR) is 73.9 cm³/mol. The van der Waals surface area contributed by atoms with E-state index in [-0.39, 0.29) is 18.1 Å². The van der Waals surface area contributed by atoms with Crippen LogP contribution in [0.4, 0.5) is 5.69 Å². The van der Waals surface area contributed by atoms with Crippen molar-refractivity contribution in [3.05, 3.63) is 41.6 Å². The van der Waals surface area contributed by atoms with Gasteiger partial charge in [0.1, 0.15) is 12.2 Å². The fourth-order valence-electron chi connectivity index (χ4n) is 2.57. The van der Waals surface area contributed by atoms with Crippen molar-refractivity contribution in [1.29, 1.82) is 0 Å². The van der Waals surface area contributed by atoms with Gasteiger partial charge in [0.2, 0.25) is 0 Å². The Morgan fingerprint density at radius 2 is 1.85 bits per heavy atom. The second kappa shape index (κ2) is 5.36. The van der Waals surface area contributed by atoms with E-state index in [1.54, 1.807) is 12.1 Å². The standard InChI is InChI=1S/C15H16N2O3/c18-14(16-11-6-2-1-3-7-11)13-12(10-20-15(13)19)17-8-4-5-9-17/h1-3,6-7H,4-5,8-10H2,(H,16,18). The van der Waals surface area contributed by atoms with E-state index in [2.05, 4.69) is 10.2 Å². The summed E-state index contributed by atoms with van der Waals surface area (Å²) in [5.74, 6) is -0.916. The van der Waals surface area contributed by atoms with E-state index < -0.39 is 5.97 Å². The molecule has 2 heterocycles. The molecule has 104 valence electrons. The van der Waals surface area contributed by atoms with Crippen LogP contribution in [0.15, 0.2) is 41.6 Å². The minimum absolute atomic E-state index is 0.149. The zero-order valence-corrected chi connectivity index (χ0v) is 11.1. The lowest BCUT2D eigenvalue weighted by Crippen LogP contribution is -2.25. The molecular weight excluding hydrogens is 256 g/mol. The summed E-state index contributed by atoms with van der Waals surface area (Å²) >= 11 is 0. The summed E-state index contributed by atoms with van der Waals surface area (Å²) < 4.78 is 5.03. The predicted octanol–water partition coefficient (Wildman–Crippen LogP) is 1.53. The molecule has 0 saturated carbocycles. The molecule has 0 bridgehead atoms. The van der Waals surface area contributed by atoms with Gasteiger partial charge in [0.05, 0.1) is 5.70 Å². The molecule has 1 aromatic carbocycles. The lowest BCUT2D eigenvalue weighted by atomic mass is 10.2. The van der Waals surface area contributed by atoms with Crippen molar-refractivity contribution in [3.8, 4) is 0 Å². The van der Waals surface area contributed by atoms with Crippen LogP contribution in [-0.2, 0) is 14.3 Å². The smallest absolute Gasteiger partial charge is 0.346 e. The number of carbonyl (C=O) groups is 2. The van der Waals surface area contributed by atoms with Gasteiger partial charge in [-0.25, -0.2) is 4.79 Å². The molecule has 20 heavy (non-hydrogen) atoms. The molecule has 0 radical (unpaired) electrons. The molecule has 1 N–H and O–H groups in total. The average Bonchev–Trinajstić information content (AvgIpc) is 3.08. The number of ether oxygens (including phenoxy) is 1. The quantitative estimate of drug-likeness (QED) is 0.669. The first-order valence-corrected chi connectivity index (χ1v) is 6.77. The van der Waals surface area contributed by atoms with Crippen molar-refractivity contribution in [2.24, 2.45) is 0 Å². The minimum Gasteiger partial charge on any atom is -0.455 e. The maximum Gasteiger partial charge on any atom is 0.346 e. The van der Waals surface area contributed by atoms with Gasteiger partial charge in [-0.05, 0) is 25.0 Å². The molecule has 5 heteroatoms. The van der Waals surface area contributed by atoms with Crippen molar-refractivity contribution < 1.29 is 14.3 Å². The number of rotatable bonds is 3. The van der Waals surface area contributed by atoms with Crippen molar-refractivity contribution in [1.82, 2.24) is 4.90 Å². The van der Waals surface area contributed by atoms with Crippen LogP contribution in [0.2, 0.25) is 0 Å². The van der Waals surface area contributed by atoms with Gasteiger partial charge in [-0.1, -0.05) is 18.2 Å². The Balaban J connectivity index is 1.83. The van der Waals surface area contributed by atoms with Crippen LogP contribution in [0.3, 0.4) is 0 Å². The van der Waals surface area contributed by atoms with Crippen LogP contribution in [0, 0.1) is 0 Å².